The van der Waals surface area contributed by atoms with Gasteiger partial charge in [0.15, 0.2) is 0 Å². The molecule has 0 aromatic carbocycles. The Morgan fingerprint density at radius 2 is 2.27 bits per heavy atom. The first-order valence-electron chi connectivity index (χ1n) is 4.18. The molecule has 0 radical (unpaired) electrons. The van der Waals surface area contributed by atoms with Crippen molar-refractivity contribution in [2.45, 2.75) is 39.7 Å². The Kier molecular flexibility index (Phi) is 2.63. The molecule has 1 unspecified atom stereocenters. The van der Waals surface area contributed by atoms with E-state index in [1.807, 2.05) is 10.9 Å². The van der Waals surface area contributed by atoms with Crippen molar-refractivity contribution in [3.05, 3.63) is 11.9 Å². The smallest absolute Gasteiger partial charge is 0.0824 e. The van der Waals surface area contributed by atoms with E-state index in [9.17, 15) is 0 Å². The van der Waals surface area contributed by atoms with Crippen LogP contribution in [0.15, 0.2) is 6.20 Å². The average Bonchev–Trinajstić information content (AvgIpc) is 2.50. The van der Waals surface area contributed by atoms with Crippen LogP contribution in [0.3, 0.4) is 0 Å². The van der Waals surface area contributed by atoms with E-state index in [0.29, 0.717) is 6.04 Å². The highest BCUT2D eigenvalue weighted by molar-refractivity contribution is 4.91. The molecular weight excluding hydrogens is 138 g/mol. The molecule has 62 valence electrons. The minimum absolute atomic E-state index is 0.475. The van der Waals surface area contributed by atoms with Gasteiger partial charge in [0, 0.05) is 6.20 Å². The number of aromatic nitrogens is 3. The molecule has 1 aromatic heterocycles. The second-order valence-corrected chi connectivity index (χ2v) is 2.80. The van der Waals surface area contributed by atoms with Crippen molar-refractivity contribution in [2.24, 2.45) is 0 Å². The van der Waals surface area contributed by atoms with Gasteiger partial charge in [0.05, 0.1) is 11.7 Å². The maximum Gasteiger partial charge on any atom is 0.0824 e. The fourth-order valence-electron chi connectivity index (χ4n) is 0.878. The normalized spacial score (nSPS) is 13.4. The molecule has 3 nitrogen and oxygen atoms in total. The lowest BCUT2D eigenvalue weighted by Crippen LogP contribution is -2.03. The fraction of sp³-hybridized carbons (Fsp3) is 0.750. The number of hydrogen-bond donors (Lipinski definition) is 0. The van der Waals surface area contributed by atoms with Crippen LogP contribution < -0.4 is 0 Å². The van der Waals surface area contributed by atoms with Gasteiger partial charge in [-0.05, 0) is 19.8 Å². The van der Waals surface area contributed by atoms with Crippen LogP contribution in [0.4, 0.5) is 0 Å². The van der Waals surface area contributed by atoms with E-state index in [0.717, 1.165) is 18.5 Å². The maximum absolute atomic E-state index is 4.02. The highest BCUT2D eigenvalue weighted by Crippen LogP contribution is 2.07. The summed E-state index contributed by atoms with van der Waals surface area (Å²) in [5.74, 6) is 0. The second-order valence-electron chi connectivity index (χ2n) is 2.80. The van der Waals surface area contributed by atoms with Gasteiger partial charge >= 0.3 is 0 Å². The van der Waals surface area contributed by atoms with Crippen LogP contribution in [0.1, 0.15) is 38.9 Å². The van der Waals surface area contributed by atoms with Crippen LogP contribution in [0.5, 0.6) is 0 Å². The fourth-order valence-corrected chi connectivity index (χ4v) is 0.878. The minimum Gasteiger partial charge on any atom is -0.250 e. The summed E-state index contributed by atoms with van der Waals surface area (Å²) in [5, 5.41) is 8.04. The van der Waals surface area contributed by atoms with Crippen molar-refractivity contribution in [2.75, 3.05) is 0 Å². The summed E-state index contributed by atoms with van der Waals surface area (Å²) in [5.41, 5.74) is 1.07. The third-order valence-corrected chi connectivity index (χ3v) is 1.96. The van der Waals surface area contributed by atoms with E-state index in [4.69, 9.17) is 0 Å². The largest absolute Gasteiger partial charge is 0.250 e. The summed E-state index contributed by atoms with van der Waals surface area (Å²) < 4.78 is 1.93. The quantitative estimate of drug-likeness (QED) is 0.663. The van der Waals surface area contributed by atoms with Crippen LogP contribution >= 0.6 is 0 Å². The summed E-state index contributed by atoms with van der Waals surface area (Å²) in [6.07, 6.45) is 4.09. The van der Waals surface area contributed by atoms with E-state index in [1.54, 1.807) is 0 Å². The SMILES string of the molecule is CCc1cn(C(C)CC)nn1. The van der Waals surface area contributed by atoms with Crippen LogP contribution in [0, 0.1) is 0 Å². The maximum atomic E-state index is 4.02. The molecule has 0 aliphatic heterocycles. The third kappa shape index (κ3) is 1.79. The van der Waals surface area contributed by atoms with E-state index < -0.39 is 0 Å². The zero-order valence-electron chi connectivity index (χ0n) is 7.41. The van der Waals surface area contributed by atoms with E-state index in [1.165, 1.54) is 0 Å². The molecule has 0 saturated carbocycles. The molecule has 1 heterocycles. The lowest BCUT2D eigenvalue weighted by atomic mass is 10.3. The molecule has 0 spiro atoms. The summed E-state index contributed by atoms with van der Waals surface area (Å²) in [6, 6.07) is 0.475. The molecule has 0 fully saturated rings. The van der Waals surface area contributed by atoms with Crippen LogP contribution in [0.25, 0.3) is 0 Å². The summed E-state index contributed by atoms with van der Waals surface area (Å²) in [4.78, 5) is 0. The van der Waals surface area contributed by atoms with Crippen molar-refractivity contribution in [1.29, 1.82) is 0 Å². The molecule has 3 heteroatoms. The van der Waals surface area contributed by atoms with Gasteiger partial charge in [-0.3, -0.25) is 0 Å². The van der Waals surface area contributed by atoms with Gasteiger partial charge in [0.1, 0.15) is 0 Å². The van der Waals surface area contributed by atoms with Crippen LogP contribution in [-0.2, 0) is 6.42 Å². The first kappa shape index (κ1) is 8.24. The molecular formula is C8H15N3. The van der Waals surface area contributed by atoms with Crippen molar-refractivity contribution >= 4 is 0 Å². The molecule has 1 atom stereocenters. The van der Waals surface area contributed by atoms with Crippen molar-refractivity contribution in [3.63, 3.8) is 0 Å². The first-order chi connectivity index (χ1) is 5.27. The highest BCUT2D eigenvalue weighted by atomic mass is 15.4. The topological polar surface area (TPSA) is 30.7 Å². The molecule has 0 amide bonds. The lowest BCUT2D eigenvalue weighted by Gasteiger charge is -2.05. The van der Waals surface area contributed by atoms with Gasteiger partial charge in [-0.1, -0.05) is 19.1 Å². The second kappa shape index (κ2) is 3.51. The van der Waals surface area contributed by atoms with E-state index in [-0.39, 0.29) is 0 Å². The third-order valence-electron chi connectivity index (χ3n) is 1.96. The van der Waals surface area contributed by atoms with Crippen LogP contribution in [-0.4, -0.2) is 15.0 Å². The molecule has 0 aliphatic carbocycles. The summed E-state index contributed by atoms with van der Waals surface area (Å²) in [7, 11) is 0. The zero-order chi connectivity index (χ0) is 8.27. The Labute approximate surface area is 67.4 Å². The van der Waals surface area contributed by atoms with Gasteiger partial charge in [0.2, 0.25) is 0 Å². The van der Waals surface area contributed by atoms with Gasteiger partial charge in [0.25, 0.3) is 0 Å². The number of aryl methyl sites for hydroxylation is 1. The predicted octanol–water partition coefficient (Wildman–Crippen LogP) is 1.81. The van der Waals surface area contributed by atoms with Gasteiger partial charge in [-0.15, -0.1) is 5.10 Å². The molecule has 0 N–H and O–H groups in total. The Bertz CT molecular complexity index is 217. The van der Waals surface area contributed by atoms with Crippen molar-refractivity contribution in [3.8, 4) is 0 Å². The zero-order valence-corrected chi connectivity index (χ0v) is 7.41. The van der Waals surface area contributed by atoms with Crippen LogP contribution in [0.2, 0.25) is 0 Å². The predicted molar refractivity (Wildman–Crippen MR) is 44.4 cm³/mol. The molecule has 0 aliphatic rings. The Balaban J connectivity index is 2.71. The average molecular weight is 153 g/mol. The molecule has 1 aromatic rings. The Hall–Kier alpha value is -0.860. The number of rotatable bonds is 3. The standard InChI is InChI=1S/C8H15N3/c1-4-7(3)11-6-8(5-2)9-10-11/h6-7H,4-5H2,1-3H3. The lowest BCUT2D eigenvalue weighted by molar-refractivity contribution is 0.464. The van der Waals surface area contributed by atoms with Gasteiger partial charge < -0.3 is 0 Å². The van der Waals surface area contributed by atoms with Crippen molar-refractivity contribution < 1.29 is 0 Å². The Morgan fingerprint density at radius 1 is 1.55 bits per heavy atom. The summed E-state index contributed by atoms with van der Waals surface area (Å²) in [6.45, 7) is 6.39. The number of nitrogens with zero attached hydrogens (tertiary/aromatic N) is 3. The molecule has 0 saturated heterocycles. The van der Waals surface area contributed by atoms with Gasteiger partial charge in [-0.2, -0.15) is 0 Å². The van der Waals surface area contributed by atoms with Crippen molar-refractivity contribution in [1.82, 2.24) is 15.0 Å². The first-order valence-corrected chi connectivity index (χ1v) is 4.18. The molecule has 0 bridgehead atoms. The monoisotopic (exact) mass is 153 g/mol. The molecule has 1 rings (SSSR count). The van der Waals surface area contributed by atoms with E-state index >= 15 is 0 Å². The summed E-state index contributed by atoms with van der Waals surface area (Å²) >= 11 is 0. The van der Waals surface area contributed by atoms with Gasteiger partial charge in [-0.25, -0.2) is 4.68 Å². The molecule has 11 heavy (non-hydrogen) atoms. The number of hydrogen-bond acceptors (Lipinski definition) is 2. The highest BCUT2D eigenvalue weighted by Gasteiger charge is 2.03. The minimum atomic E-state index is 0.475. The van der Waals surface area contributed by atoms with E-state index in [2.05, 4.69) is 31.1 Å². The Morgan fingerprint density at radius 3 is 2.73 bits per heavy atom.